The number of halogens is 1. The molecule has 1 fully saturated rings. The third-order valence-electron chi connectivity index (χ3n) is 5.14. The molecular formula is C19H31ClN2O. The van der Waals surface area contributed by atoms with Crippen LogP contribution in [-0.4, -0.2) is 19.0 Å². The van der Waals surface area contributed by atoms with E-state index >= 15 is 0 Å². The van der Waals surface area contributed by atoms with Gasteiger partial charge in [0.05, 0.1) is 6.04 Å². The van der Waals surface area contributed by atoms with Crippen molar-refractivity contribution in [2.24, 2.45) is 11.8 Å². The highest BCUT2D eigenvalue weighted by atomic mass is 35.5. The summed E-state index contributed by atoms with van der Waals surface area (Å²) in [5.74, 6) is 1.25. The highest BCUT2D eigenvalue weighted by Crippen LogP contribution is 2.24. The number of aryl methyl sites for hydroxylation is 1. The normalized spacial score (nSPS) is 20.3. The van der Waals surface area contributed by atoms with Gasteiger partial charge in [-0.25, -0.2) is 0 Å². The first-order chi connectivity index (χ1) is 10.5. The summed E-state index contributed by atoms with van der Waals surface area (Å²) in [4.78, 5) is 12.3. The van der Waals surface area contributed by atoms with Gasteiger partial charge in [-0.1, -0.05) is 25.1 Å². The standard InChI is InChI=1S/C19H30N2O.ClH/c1-13-7-5-9-18(15(13)3)16(4)21-19(22)11-14(2)17-8-6-10-20-12-17;/h5,7,9,14,16-17,20H,6,8,10-12H2,1-4H3,(H,21,22);1H. The summed E-state index contributed by atoms with van der Waals surface area (Å²) in [6.07, 6.45) is 3.10. The van der Waals surface area contributed by atoms with Gasteiger partial charge in [-0.3, -0.25) is 4.79 Å². The summed E-state index contributed by atoms with van der Waals surface area (Å²) in [6, 6.07) is 6.37. The summed E-state index contributed by atoms with van der Waals surface area (Å²) in [5.41, 5.74) is 3.78. The molecule has 2 rings (SSSR count). The van der Waals surface area contributed by atoms with E-state index in [2.05, 4.69) is 56.5 Å². The first-order valence-electron chi connectivity index (χ1n) is 8.55. The summed E-state index contributed by atoms with van der Waals surface area (Å²) >= 11 is 0. The van der Waals surface area contributed by atoms with E-state index in [1.807, 2.05) is 0 Å². The zero-order valence-electron chi connectivity index (χ0n) is 14.8. The van der Waals surface area contributed by atoms with Crippen LogP contribution in [0, 0.1) is 25.7 Å². The molecule has 1 heterocycles. The Morgan fingerprint density at radius 1 is 1.35 bits per heavy atom. The van der Waals surface area contributed by atoms with E-state index in [1.54, 1.807) is 0 Å². The van der Waals surface area contributed by atoms with Crippen molar-refractivity contribution in [1.82, 2.24) is 10.6 Å². The van der Waals surface area contributed by atoms with Crippen LogP contribution in [0.5, 0.6) is 0 Å². The molecule has 3 nitrogen and oxygen atoms in total. The van der Waals surface area contributed by atoms with E-state index in [4.69, 9.17) is 0 Å². The molecule has 3 atom stereocenters. The molecule has 2 N–H and O–H groups in total. The molecule has 1 amide bonds. The summed E-state index contributed by atoms with van der Waals surface area (Å²) in [6.45, 7) is 10.7. The minimum atomic E-state index is 0. The van der Waals surface area contributed by atoms with Crippen LogP contribution in [0.1, 0.15) is 55.8 Å². The highest BCUT2D eigenvalue weighted by Gasteiger charge is 2.22. The molecule has 0 spiro atoms. The highest BCUT2D eigenvalue weighted by molar-refractivity contribution is 5.85. The van der Waals surface area contributed by atoms with Crippen molar-refractivity contribution in [3.63, 3.8) is 0 Å². The van der Waals surface area contributed by atoms with E-state index in [0.29, 0.717) is 18.3 Å². The Balaban J connectivity index is 0.00000264. The van der Waals surface area contributed by atoms with Crippen LogP contribution in [-0.2, 0) is 4.79 Å². The van der Waals surface area contributed by atoms with Gasteiger partial charge in [-0.05, 0) is 75.2 Å². The average Bonchev–Trinajstić information content (AvgIpc) is 2.50. The van der Waals surface area contributed by atoms with Crippen LogP contribution < -0.4 is 10.6 Å². The maximum Gasteiger partial charge on any atom is 0.220 e. The number of benzene rings is 1. The lowest BCUT2D eigenvalue weighted by molar-refractivity contribution is -0.123. The van der Waals surface area contributed by atoms with E-state index in [-0.39, 0.29) is 24.4 Å². The van der Waals surface area contributed by atoms with Gasteiger partial charge in [0.1, 0.15) is 0 Å². The number of nitrogens with one attached hydrogen (secondary N) is 2. The van der Waals surface area contributed by atoms with Gasteiger partial charge in [0.15, 0.2) is 0 Å². The molecule has 1 aromatic rings. The third-order valence-corrected chi connectivity index (χ3v) is 5.14. The van der Waals surface area contributed by atoms with Gasteiger partial charge >= 0.3 is 0 Å². The predicted molar refractivity (Wildman–Crippen MR) is 99.1 cm³/mol. The van der Waals surface area contributed by atoms with Gasteiger partial charge in [0.25, 0.3) is 0 Å². The molecule has 0 aliphatic carbocycles. The molecule has 0 radical (unpaired) electrons. The quantitative estimate of drug-likeness (QED) is 0.854. The molecule has 130 valence electrons. The van der Waals surface area contributed by atoms with Crippen LogP contribution in [0.15, 0.2) is 18.2 Å². The fourth-order valence-electron chi connectivity index (χ4n) is 3.44. The Morgan fingerprint density at radius 3 is 2.74 bits per heavy atom. The summed E-state index contributed by atoms with van der Waals surface area (Å²) < 4.78 is 0. The van der Waals surface area contributed by atoms with Gasteiger partial charge in [0.2, 0.25) is 5.91 Å². The average molecular weight is 339 g/mol. The van der Waals surface area contributed by atoms with E-state index in [0.717, 1.165) is 13.1 Å². The molecule has 1 aliphatic heterocycles. The molecule has 3 unspecified atom stereocenters. The minimum Gasteiger partial charge on any atom is -0.350 e. The molecule has 0 saturated carbocycles. The monoisotopic (exact) mass is 338 g/mol. The Labute approximate surface area is 147 Å². The van der Waals surface area contributed by atoms with Crippen molar-refractivity contribution < 1.29 is 4.79 Å². The third kappa shape index (κ3) is 5.50. The predicted octanol–water partition coefficient (Wildman–Crippen LogP) is 3.93. The fourth-order valence-corrected chi connectivity index (χ4v) is 3.44. The number of amides is 1. The van der Waals surface area contributed by atoms with E-state index in [9.17, 15) is 4.79 Å². The second-order valence-corrected chi connectivity index (χ2v) is 6.87. The molecule has 1 aliphatic rings. The van der Waals surface area contributed by atoms with E-state index in [1.165, 1.54) is 29.5 Å². The zero-order valence-corrected chi connectivity index (χ0v) is 15.6. The molecule has 23 heavy (non-hydrogen) atoms. The molecule has 0 bridgehead atoms. The van der Waals surface area contributed by atoms with Crippen molar-refractivity contribution in [3.05, 3.63) is 34.9 Å². The van der Waals surface area contributed by atoms with Crippen LogP contribution in [0.3, 0.4) is 0 Å². The Bertz CT molecular complexity index is 512. The lowest BCUT2D eigenvalue weighted by Gasteiger charge is -2.28. The first-order valence-corrected chi connectivity index (χ1v) is 8.55. The van der Waals surface area contributed by atoms with Gasteiger partial charge in [-0.15, -0.1) is 12.4 Å². The summed E-state index contributed by atoms with van der Waals surface area (Å²) in [7, 11) is 0. The number of carbonyl (C=O) groups is 1. The zero-order chi connectivity index (χ0) is 16.1. The second kappa shape index (κ2) is 9.29. The van der Waals surface area contributed by atoms with Gasteiger partial charge in [0, 0.05) is 6.42 Å². The van der Waals surface area contributed by atoms with Crippen molar-refractivity contribution in [1.29, 1.82) is 0 Å². The topological polar surface area (TPSA) is 41.1 Å². The second-order valence-electron chi connectivity index (χ2n) is 6.87. The van der Waals surface area contributed by atoms with E-state index < -0.39 is 0 Å². The SMILES string of the molecule is Cc1cccc(C(C)NC(=O)CC(C)C2CCCNC2)c1C.Cl. The molecule has 4 heteroatoms. The number of hydrogen-bond acceptors (Lipinski definition) is 2. The molecule has 0 aromatic heterocycles. The van der Waals surface area contributed by atoms with Crippen molar-refractivity contribution in [3.8, 4) is 0 Å². The fraction of sp³-hybridized carbons (Fsp3) is 0.632. The molecule has 1 saturated heterocycles. The summed E-state index contributed by atoms with van der Waals surface area (Å²) in [5, 5.41) is 6.61. The first kappa shape index (κ1) is 20.0. The number of hydrogen-bond donors (Lipinski definition) is 2. The van der Waals surface area contributed by atoms with Crippen molar-refractivity contribution in [2.75, 3.05) is 13.1 Å². The molecule has 1 aromatic carbocycles. The van der Waals surface area contributed by atoms with Gasteiger partial charge in [-0.2, -0.15) is 0 Å². The largest absolute Gasteiger partial charge is 0.350 e. The number of piperidine rings is 1. The smallest absolute Gasteiger partial charge is 0.220 e. The van der Waals surface area contributed by atoms with Crippen LogP contribution in [0.2, 0.25) is 0 Å². The van der Waals surface area contributed by atoms with Crippen LogP contribution in [0.4, 0.5) is 0 Å². The number of rotatable bonds is 5. The van der Waals surface area contributed by atoms with Crippen LogP contribution >= 0.6 is 12.4 Å². The maximum absolute atomic E-state index is 12.3. The lowest BCUT2D eigenvalue weighted by atomic mass is 9.85. The van der Waals surface area contributed by atoms with Crippen LogP contribution in [0.25, 0.3) is 0 Å². The molecular weight excluding hydrogens is 308 g/mol. The Hall–Kier alpha value is -1.06. The lowest BCUT2D eigenvalue weighted by Crippen LogP contribution is -2.36. The Morgan fingerprint density at radius 2 is 2.09 bits per heavy atom. The Kier molecular flexibility index (Phi) is 8.07. The van der Waals surface area contributed by atoms with Gasteiger partial charge < -0.3 is 10.6 Å². The minimum absolute atomic E-state index is 0. The van der Waals surface area contributed by atoms with Crippen molar-refractivity contribution >= 4 is 18.3 Å². The maximum atomic E-state index is 12.3. The van der Waals surface area contributed by atoms with Crippen molar-refractivity contribution in [2.45, 2.75) is 53.0 Å². The number of carbonyl (C=O) groups excluding carboxylic acids is 1.